The van der Waals surface area contributed by atoms with Crippen LogP contribution in [0.3, 0.4) is 0 Å². The standard InChI is InChI=1S/C17H17N3O2S2/c1-9-6-4-5-7-12(9)18-13(21)8-23-17-19-15(22)14-10(2)11(3)24-16(14)20-17/h4-7H,8H2,1-3H3,(H,18,21)(H,19,20,22). The number of fused-ring (bicyclic) bond motifs is 1. The first-order valence-corrected chi connectivity index (χ1v) is 9.24. The topological polar surface area (TPSA) is 74.8 Å². The molecule has 7 heteroatoms. The van der Waals surface area contributed by atoms with Crippen LogP contribution in [0.1, 0.15) is 16.0 Å². The summed E-state index contributed by atoms with van der Waals surface area (Å²) in [4.78, 5) is 33.3. The molecule has 2 N–H and O–H groups in total. The summed E-state index contributed by atoms with van der Waals surface area (Å²) >= 11 is 2.73. The van der Waals surface area contributed by atoms with Gasteiger partial charge in [0.25, 0.3) is 5.56 Å². The van der Waals surface area contributed by atoms with Gasteiger partial charge in [-0.2, -0.15) is 0 Å². The number of hydrogen-bond donors (Lipinski definition) is 2. The van der Waals surface area contributed by atoms with Crippen molar-refractivity contribution >= 4 is 44.9 Å². The predicted octanol–water partition coefficient (Wildman–Crippen LogP) is 3.64. The van der Waals surface area contributed by atoms with E-state index in [-0.39, 0.29) is 17.2 Å². The minimum Gasteiger partial charge on any atom is -0.325 e. The van der Waals surface area contributed by atoms with Gasteiger partial charge in [0.15, 0.2) is 5.16 Å². The second-order valence-corrected chi connectivity index (χ2v) is 7.65. The lowest BCUT2D eigenvalue weighted by atomic mass is 10.2. The van der Waals surface area contributed by atoms with E-state index < -0.39 is 0 Å². The molecule has 0 bridgehead atoms. The molecule has 0 unspecified atom stereocenters. The van der Waals surface area contributed by atoms with Gasteiger partial charge in [0.05, 0.1) is 11.1 Å². The number of thioether (sulfide) groups is 1. The van der Waals surface area contributed by atoms with Crippen molar-refractivity contribution in [3.8, 4) is 0 Å². The molecule has 3 rings (SSSR count). The number of rotatable bonds is 4. The molecule has 5 nitrogen and oxygen atoms in total. The molecule has 0 spiro atoms. The summed E-state index contributed by atoms with van der Waals surface area (Å²) < 4.78 is 0. The normalized spacial score (nSPS) is 11.0. The van der Waals surface area contributed by atoms with E-state index in [1.807, 2.05) is 45.0 Å². The zero-order valence-corrected chi connectivity index (χ0v) is 15.2. The summed E-state index contributed by atoms with van der Waals surface area (Å²) in [6, 6.07) is 7.61. The van der Waals surface area contributed by atoms with E-state index in [1.165, 1.54) is 23.1 Å². The molecule has 24 heavy (non-hydrogen) atoms. The summed E-state index contributed by atoms with van der Waals surface area (Å²) in [5.74, 6) is 0.0575. The van der Waals surface area contributed by atoms with Crippen molar-refractivity contribution in [2.75, 3.05) is 11.1 Å². The SMILES string of the molecule is Cc1ccccc1NC(=O)CSc1nc2sc(C)c(C)c2c(=O)[nH]1. The molecule has 2 heterocycles. The number of nitrogens with one attached hydrogen (secondary N) is 2. The van der Waals surface area contributed by atoms with Crippen LogP contribution in [0.5, 0.6) is 0 Å². The first kappa shape index (κ1) is 16.7. The van der Waals surface area contributed by atoms with Gasteiger partial charge in [-0.3, -0.25) is 9.59 Å². The van der Waals surface area contributed by atoms with Crippen LogP contribution in [-0.4, -0.2) is 21.6 Å². The third-order valence-corrected chi connectivity index (χ3v) is 5.75. The lowest BCUT2D eigenvalue weighted by Gasteiger charge is -2.07. The molecule has 0 atom stereocenters. The summed E-state index contributed by atoms with van der Waals surface area (Å²) in [6.07, 6.45) is 0. The van der Waals surface area contributed by atoms with Crippen LogP contribution in [-0.2, 0) is 4.79 Å². The monoisotopic (exact) mass is 359 g/mol. The van der Waals surface area contributed by atoms with E-state index in [0.29, 0.717) is 10.5 Å². The quantitative estimate of drug-likeness (QED) is 0.551. The van der Waals surface area contributed by atoms with Gasteiger partial charge in [-0.25, -0.2) is 4.98 Å². The van der Waals surface area contributed by atoms with Gasteiger partial charge in [0.2, 0.25) is 5.91 Å². The molecule has 124 valence electrons. The first-order chi connectivity index (χ1) is 11.5. The van der Waals surface area contributed by atoms with Gasteiger partial charge in [-0.1, -0.05) is 30.0 Å². The van der Waals surface area contributed by atoms with Crippen LogP contribution in [0.15, 0.2) is 34.2 Å². The number of aromatic nitrogens is 2. The lowest BCUT2D eigenvalue weighted by molar-refractivity contribution is -0.113. The Labute approximate surface area is 147 Å². The Bertz CT molecular complexity index is 976. The van der Waals surface area contributed by atoms with Crippen molar-refractivity contribution in [2.24, 2.45) is 0 Å². The number of aryl methyl sites for hydroxylation is 3. The van der Waals surface area contributed by atoms with Crippen LogP contribution < -0.4 is 10.9 Å². The van der Waals surface area contributed by atoms with Crippen LogP contribution in [0, 0.1) is 20.8 Å². The maximum absolute atomic E-state index is 12.2. The summed E-state index contributed by atoms with van der Waals surface area (Å²) in [7, 11) is 0. The Balaban J connectivity index is 1.73. The highest BCUT2D eigenvalue weighted by molar-refractivity contribution is 7.99. The van der Waals surface area contributed by atoms with E-state index in [9.17, 15) is 9.59 Å². The average Bonchev–Trinajstić information content (AvgIpc) is 2.82. The molecule has 0 saturated carbocycles. The van der Waals surface area contributed by atoms with Crippen LogP contribution in [0.4, 0.5) is 5.69 Å². The number of anilines is 1. The number of aromatic amines is 1. The molecule has 0 aliphatic rings. The van der Waals surface area contributed by atoms with E-state index >= 15 is 0 Å². The number of carbonyl (C=O) groups is 1. The number of H-pyrrole nitrogens is 1. The Morgan fingerprint density at radius 1 is 1.29 bits per heavy atom. The lowest BCUT2D eigenvalue weighted by Crippen LogP contribution is -2.16. The van der Waals surface area contributed by atoms with Crippen molar-refractivity contribution in [3.05, 3.63) is 50.6 Å². The molecule has 1 aromatic carbocycles. The number of nitrogens with zero attached hydrogens (tertiary/aromatic N) is 1. The second kappa shape index (κ2) is 6.78. The molecule has 0 aliphatic carbocycles. The first-order valence-electron chi connectivity index (χ1n) is 7.44. The van der Waals surface area contributed by atoms with E-state index in [1.54, 1.807) is 0 Å². The number of thiophene rings is 1. The van der Waals surface area contributed by atoms with Gasteiger partial charge in [0, 0.05) is 10.6 Å². The van der Waals surface area contributed by atoms with Crippen molar-refractivity contribution in [1.82, 2.24) is 9.97 Å². The van der Waals surface area contributed by atoms with E-state index in [4.69, 9.17) is 0 Å². The van der Waals surface area contributed by atoms with Gasteiger partial charge in [-0.05, 0) is 38.0 Å². The maximum atomic E-state index is 12.2. The highest BCUT2D eigenvalue weighted by Gasteiger charge is 2.13. The number of amides is 1. The molecule has 0 saturated heterocycles. The maximum Gasteiger partial charge on any atom is 0.260 e. The molecular formula is C17H17N3O2S2. The number of para-hydroxylation sites is 1. The highest BCUT2D eigenvalue weighted by Crippen LogP contribution is 2.27. The Morgan fingerprint density at radius 3 is 2.79 bits per heavy atom. The van der Waals surface area contributed by atoms with Crippen molar-refractivity contribution < 1.29 is 4.79 Å². The van der Waals surface area contributed by atoms with Gasteiger partial charge in [0.1, 0.15) is 4.83 Å². The molecular weight excluding hydrogens is 342 g/mol. The van der Waals surface area contributed by atoms with Crippen LogP contribution in [0.25, 0.3) is 10.2 Å². The second-order valence-electron chi connectivity index (χ2n) is 5.49. The molecule has 0 aliphatic heterocycles. The number of hydrogen-bond acceptors (Lipinski definition) is 5. The zero-order valence-electron chi connectivity index (χ0n) is 13.6. The molecule has 3 aromatic rings. The molecule has 1 amide bonds. The predicted molar refractivity (Wildman–Crippen MR) is 100 cm³/mol. The van der Waals surface area contributed by atoms with Gasteiger partial charge < -0.3 is 10.3 Å². The molecule has 2 aromatic heterocycles. The molecule has 0 radical (unpaired) electrons. The molecule has 0 fully saturated rings. The highest BCUT2D eigenvalue weighted by atomic mass is 32.2. The van der Waals surface area contributed by atoms with Crippen molar-refractivity contribution in [2.45, 2.75) is 25.9 Å². The van der Waals surface area contributed by atoms with Crippen molar-refractivity contribution in [3.63, 3.8) is 0 Å². The number of carbonyl (C=O) groups excluding carboxylic acids is 1. The Morgan fingerprint density at radius 2 is 2.04 bits per heavy atom. The van der Waals surface area contributed by atoms with Crippen LogP contribution >= 0.6 is 23.1 Å². The van der Waals surface area contributed by atoms with Crippen LogP contribution in [0.2, 0.25) is 0 Å². The fraction of sp³-hybridized carbons (Fsp3) is 0.235. The third kappa shape index (κ3) is 3.37. The summed E-state index contributed by atoms with van der Waals surface area (Å²) in [5, 5.41) is 3.98. The Hall–Kier alpha value is -2.12. The van der Waals surface area contributed by atoms with Gasteiger partial charge >= 0.3 is 0 Å². The largest absolute Gasteiger partial charge is 0.325 e. The summed E-state index contributed by atoms with van der Waals surface area (Å²) in [6.45, 7) is 5.84. The fourth-order valence-corrected chi connectivity index (χ4v) is 4.09. The minimum atomic E-state index is -0.149. The van der Waals surface area contributed by atoms with E-state index in [0.717, 1.165) is 26.5 Å². The van der Waals surface area contributed by atoms with Crippen molar-refractivity contribution in [1.29, 1.82) is 0 Å². The third-order valence-electron chi connectivity index (χ3n) is 3.78. The summed E-state index contributed by atoms with van der Waals surface area (Å²) in [5.41, 5.74) is 2.62. The smallest absolute Gasteiger partial charge is 0.260 e. The van der Waals surface area contributed by atoms with E-state index in [2.05, 4.69) is 15.3 Å². The minimum absolute atomic E-state index is 0.129. The van der Waals surface area contributed by atoms with Gasteiger partial charge in [-0.15, -0.1) is 11.3 Å². The average molecular weight is 359 g/mol. The zero-order chi connectivity index (χ0) is 17.3. The number of benzene rings is 1. The fourth-order valence-electron chi connectivity index (χ4n) is 2.34. The Kier molecular flexibility index (Phi) is 4.73.